The standard InChI is InChI=1S/C16H19NO8/c1-9(18)22-8-13-14(23-10(2)19)15(24-11(3)20)16(25-13)17-6-4-12(21)5-7-17/h4-7,13-16H,8H2,1-3H3. The summed E-state index contributed by atoms with van der Waals surface area (Å²) in [5, 5.41) is 0. The maximum absolute atomic E-state index is 11.5. The van der Waals surface area contributed by atoms with Gasteiger partial charge in [0.05, 0.1) is 0 Å². The van der Waals surface area contributed by atoms with Crippen molar-refractivity contribution >= 4 is 17.9 Å². The summed E-state index contributed by atoms with van der Waals surface area (Å²) in [6.45, 7) is 3.48. The lowest BCUT2D eigenvalue weighted by molar-refractivity contribution is -0.166. The zero-order chi connectivity index (χ0) is 18.6. The number of esters is 3. The molecule has 2 heterocycles. The molecule has 9 heteroatoms. The van der Waals surface area contributed by atoms with Gasteiger partial charge in [0.15, 0.2) is 23.9 Å². The van der Waals surface area contributed by atoms with E-state index in [9.17, 15) is 19.2 Å². The Morgan fingerprint density at radius 2 is 1.56 bits per heavy atom. The van der Waals surface area contributed by atoms with Crippen molar-refractivity contribution in [2.24, 2.45) is 0 Å². The van der Waals surface area contributed by atoms with Crippen molar-refractivity contribution in [2.45, 2.75) is 45.3 Å². The third-order valence-corrected chi connectivity index (χ3v) is 3.46. The lowest BCUT2D eigenvalue weighted by atomic mass is 10.1. The number of hydrogen-bond acceptors (Lipinski definition) is 8. The van der Waals surface area contributed by atoms with Gasteiger partial charge in [-0.3, -0.25) is 19.2 Å². The Morgan fingerprint density at radius 3 is 2.08 bits per heavy atom. The number of carbonyl (C=O) groups is 3. The van der Waals surface area contributed by atoms with E-state index in [1.807, 2.05) is 0 Å². The predicted molar refractivity (Wildman–Crippen MR) is 82.4 cm³/mol. The molecule has 1 aromatic heterocycles. The minimum atomic E-state index is -0.968. The highest BCUT2D eigenvalue weighted by Gasteiger charge is 2.50. The quantitative estimate of drug-likeness (QED) is 0.544. The lowest BCUT2D eigenvalue weighted by Crippen LogP contribution is -2.40. The smallest absolute Gasteiger partial charge is 0.303 e. The number of ether oxygens (including phenoxy) is 4. The van der Waals surface area contributed by atoms with Crippen molar-refractivity contribution in [2.75, 3.05) is 6.61 Å². The van der Waals surface area contributed by atoms with Crippen LogP contribution in [0.15, 0.2) is 29.3 Å². The van der Waals surface area contributed by atoms with Gasteiger partial charge < -0.3 is 23.5 Å². The summed E-state index contributed by atoms with van der Waals surface area (Å²) < 4.78 is 22.8. The Morgan fingerprint density at radius 1 is 1.00 bits per heavy atom. The molecule has 0 bridgehead atoms. The SMILES string of the molecule is CC(=O)OCC1OC(n2ccc(=O)cc2)C(OC(C)=O)C1OC(C)=O. The molecule has 4 unspecified atom stereocenters. The fourth-order valence-electron chi connectivity index (χ4n) is 2.53. The molecule has 0 amide bonds. The first-order valence-corrected chi connectivity index (χ1v) is 7.59. The largest absolute Gasteiger partial charge is 0.463 e. The molecule has 1 aromatic rings. The summed E-state index contributed by atoms with van der Waals surface area (Å²) in [4.78, 5) is 45.2. The summed E-state index contributed by atoms with van der Waals surface area (Å²) in [5.74, 6) is -1.72. The van der Waals surface area contributed by atoms with E-state index in [-0.39, 0.29) is 12.0 Å². The van der Waals surface area contributed by atoms with E-state index in [2.05, 4.69) is 0 Å². The highest BCUT2D eigenvalue weighted by Crippen LogP contribution is 2.34. The normalized spacial score (nSPS) is 25.2. The Balaban J connectivity index is 2.33. The number of hydrogen-bond donors (Lipinski definition) is 0. The van der Waals surface area contributed by atoms with Crippen LogP contribution < -0.4 is 5.43 Å². The van der Waals surface area contributed by atoms with Gasteiger partial charge in [0.2, 0.25) is 0 Å². The molecule has 1 saturated heterocycles. The monoisotopic (exact) mass is 353 g/mol. The van der Waals surface area contributed by atoms with Crippen LogP contribution in [0.3, 0.4) is 0 Å². The molecule has 0 aliphatic carbocycles. The number of aromatic nitrogens is 1. The van der Waals surface area contributed by atoms with E-state index in [0.29, 0.717) is 0 Å². The summed E-state index contributed by atoms with van der Waals surface area (Å²) in [5.41, 5.74) is -0.203. The van der Waals surface area contributed by atoms with Crippen LogP contribution in [0.4, 0.5) is 0 Å². The summed E-state index contributed by atoms with van der Waals surface area (Å²) >= 11 is 0. The predicted octanol–water partition coefficient (Wildman–Crippen LogP) is 0.172. The van der Waals surface area contributed by atoms with Gasteiger partial charge in [-0.1, -0.05) is 0 Å². The fraction of sp³-hybridized carbons (Fsp3) is 0.500. The van der Waals surface area contributed by atoms with Crippen LogP contribution in [0.2, 0.25) is 0 Å². The van der Waals surface area contributed by atoms with Gasteiger partial charge in [-0.25, -0.2) is 0 Å². The van der Waals surface area contributed by atoms with Crippen LogP contribution in [0, 0.1) is 0 Å². The molecule has 2 rings (SSSR count). The van der Waals surface area contributed by atoms with Crippen molar-refractivity contribution in [3.63, 3.8) is 0 Å². The molecule has 136 valence electrons. The third kappa shape index (κ3) is 4.90. The van der Waals surface area contributed by atoms with Gasteiger partial charge in [-0.2, -0.15) is 0 Å². The highest BCUT2D eigenvalue weighted by atomic mass is 16.7. The minimum Gasteiger partial charge on any atom is -0.463 e. The van der Waals surface area contributed by atoms with Crippen molar-refractivity contribution in [1.82, 2.24) is 4.57 Å². The van der Waals surface area contributed by atoms with Gasteiger partial charge in [-0.15, -0.1) is 0 Å². The highest BCUT2D eigenvalue weighted by molar-refractivity contribution is 5.67. The van der Waals surface area contributed by atoms with E-state index >= 15 is 0 Å². The second-order valence-corrected chi connectivity index (χ2v) is 5.50. The van der Waals surface area contributed by atoms with Crippen molar-refractivity contribution in [1.29, 1.82) is 0 Å². The van der Waals surface area contributed by atoms with E-state index in [0.717, 1.165) is 0 Å². The van der Waals surface area contributed by atoms with E-state index in [1.54, 1.807) is 0 Å². The maximum Gasteiger partial charge on any atom is 0.303 e. The van der Waals surface area contributed by atoms with Crippen LogP contribution >= 0.6 is 0 Å². The van der Waals surface area contributed by atoms with Crippen LogP contribution in [0.1, 0.15) is 27.0 Å². The molecule has 0 saturated carbocycles. The Labute approximate surface area is 143 Å². The molecule has 1 aliphatic rings. The molecule has 25 heavy (non-hydrogen) atoms. The second kappa shape index (κ2) is 7.93. The summed E-state index contributed by atoms with van der Waals surface area (Å²) in [6.07, 6.45) is -0.698. The topological polar surface area (TPSA) is 110 Å². The van der Waals surface area contributed by atoms with Crippen molar-refractivity contribution in [3.8, 4) is 0 Å². The van der Waals surface area contributed by atoms with Gasteiger partial charge in [-0.05, 0) is 0 Å². The first kappa shape index (κ1) is 18.7. The van der Waals surface area contributed by atoms with Crippen LogP contribution in [0.5, 0.6) is 0 Å². The number of pyridine rings is 1. The number of nitrogens with zero attached hydrogens (tertiary/aromatic N) is 1. The minimum absolute atomic E-state index is 0.179. The molecular weight excluding hydrogens is 334 g/mol. The Hall–Kier alpha value is -2.68. The van der Waals surface area contributed by atoms with Crippen molar-refractivity contribution < 1.29 is 33.3 Å². The Bertz CT molecular complexity index is 692. The van der Waals surface area contributed by atoms with Crippen molar-refractivity contribution in [3.05, 3.63) is 34.7 Å². The molecular formula is C16H19NO8. The first-order chi connectivity index (χ1) is 11.8. The van der Waals surface area contributed by atoms with Gasteiger partial charge >= 0.3 is 17.9 Å². The lowest BCUT2D eigenvalue weighted by Gasteiger charge is -2.24. The van der Waals surface area contributed by atoms with Crippen LogP contribution in [-0.4, -0.2) is 47.4 Å². The average Bonchev–Trinajstić information content (AvgIpc) is 2.83. The zero-order valence-corrected chi connectivity index (χ0v) is 14.0. The van der Waals surface area contributed by atoms with E-state index in [4.69, 9.17) is 18.9 Å². The molecule has 0 N–H and O–H groups in total. The van der Waals surface area contributed by atoms with Gasteiger partial charge in [0.1, 0.15) is 12.7 Å². The number of rotatable bonds is 5. The molecule has 1 fully saturated rings. The molecule has 0 spiro atoms. The van der Waals surface area contributed by atoms with Gasteiger partial charge in [0.25, 0.3) is 0 Å². The van der Waals surface area contributed by atoms with Crippen LogP contribution in [-0.2, 0) is 33.3 Å². The molecule has 4 atom stereocenters. The average molecular weight is 353 g/mol. The second-order valence-electron chi connectivity index (χ2n) is 5.50. The zero-order valence-electron chi connectivity index (χ0n) is 14.0. The fourth-order valence-corrected chi connectivity index (χ4v) is 2.53. The third-order valence-electron chi connectivity index (χ3n) is 3.46. The summed E-state index contributed by atoms with van der Waals surface area (Å²) in [6, 6.07) is 2.63. The van der Waals surface area contributed by atoms with E-state index in [1.165, 1.54) is 49.9 Å². The molecule has 1 aliphatic heterocycles. The summed E-state index contributed by atoms with van der Waals surface area (Å²) in [7, 11) is 0. The van der Waals surface area contributed by atoms with E-state index < -0.39 is 42.4 Å². The molecule has 0 aromatic carbocycles. The Kier molecular flexibility index (Phi) is 5.92. The van der Waals surface area contributed by atoms with Crippen LogP contribution in [0.25, 0.3) is 0 Å². The first-order valence-electron chi connectivity index (χ1n) is 7.59. The van der Waals surface area contributed by atoms with Gasteiger partial charge in [0, 0.05) is 45.3 Å². The molecule has 9 nitrogen and oxygen atoms in total. The molecule has 0 radical (unpaired) electrons. The maximum atomic E-state index is 11.5. The number of carbonyl (C=O) groups excluding carboxylic acids is 3.